The average molecular weight is 675 g/mol. The second kappa shape index (κ2) is 13.9. The van der Waals surface area contributed by atoms with Crippen LogP contribution in [-0.2, 0) is 6.54 Å². The number of hydrogen-bond donors (Lipinski definition) is 1. The summed E-state index contributed by atoms with van der Waals surface area (Å²) in [6.45, 7) is 4.13. The molecule has 3 aromatic carbocycles. The van der Waals surface area contributed by atoms with E-state index in [1.807, 2.05) is 36.4 Å². The molecule has 47 heavy (non-hydrogen) atoms. The fourth-order valence-corrected chi connectivity index (χ4v) is 6.27. The Morgan fingerprint density at radius 2 is 1.64 bits per heavy atom. The number of nitriles is 1. The van der Waals surface area contributed by atoms with Crippen molar-refractivity contribution >= 4 is 51.2 Å². The third-order valence-corrected chi connectivity index (χ3v) is 8.86. The van der Waals surface area contributed by atoms with Crippen LogP contribution in [-0.4, -0.2) is 64.5 Å². The Balaban J connectivity index is 1.22. The minimum atomic E-state index is 0.341. The summed E-state index contributed by atoms with van der Waals surface area (Å²) in [5.41, 5.74) is 4.81. The summed E-state index contributed by atoms with van der Waals surface area (Å²) in [6.07, 6.45) is 3.27. The van der Waals surface area contributed by atoms with Gasteiger partial charge in [-0.3, -0.25) is 9.88 Å². The highest BCUT2D eigenvalue weighted by molar-refractivity contribution is 6.37. The number of methoxy groups -OCH3 is 4. The maximum atomic E-state index is 9.91. The van der Waals surface area contributed by atoms with Crippen molar-refractivity contribution in [3.05, 3.63) is 82.4 Å². The van der Waals surface area contributed by atoms with Crippen molar-refractivity contribution in [1.29, 1.82) is 5.26 Å². The van der Waals surface area contributed by atoms with Crippen molar-refractivity contribution in [2.75, 3.05) is 64.8 Å². The van der Waals surface area contributed by atoms with Gasteiger partial charge >= 0.3 is 0 Å². The van der Waals surface area contributed by atoms with Gasteiger partial charge in [0.1, 0.15) is 34.8 Å². The average Bonchev–Trinajstić information content (AvgIpc) is 3.57. The van der Waals surface area contributed by atoms with Crippen molar-refractivity contribution in [2.24, 2.45) is 0 Å². The van der Waals surface area contributed by atoms with Crippen molar-refractivity contribution < 1.29 is 23.4 Å². The van der Waals surface area contributed by atoms with Crippen molar-refractivity contribution in [3.63, 3.8) is 0 Å². The number of aromatic nitrogens is 1. The Morgan fingerprint density at radius 3 is 2.34 bits per heavy atom. The van der Waals surface area contributed by atoms with Crippen molar-refractivity contribution in [2.45, 2.75) is 6.54 Å². The van der Waals surface area contributed by atoms with Crippen LogP contribution in [0.25, 0.3) is 22.0 Å². The van der Waals surface area contributed by atoms with E-state index < -0.39 is 0 Å². The maximum Gasteiger partial charge on any atom is 0.145 e. The second-order valence-corrected chi connectivity index (χ2v) is 11.7. The minimum Gasteiger partial charge on any atom is -0.497 e. The number of piperazine rings is 1. The summed E-state index contributed by atoms with van der Waals surface area (Å²) in [7, 11) is 6.46. The molecule has 1 fully saturated rings. The van der Waals surface area contributed by atoms with E-state index in [0.29, 0.717) is 55.9 Å². The molecule has 0 saturated carbocycles. The number of hydrogen-bond acceptors (Lipinski definition) is 10. The topological polar surface area (TPSA) is 105 Å². The highest BCUT2D eigenvalue weighted by Gasteiger charge is 2.22. The third-order valence-electron chi connectivity index (χ3n) is 8.25. The molecule has 1 aliphatic rings. The fraction of sp³-hybridized carbons (Fsp3) is 0.257. The molecule has 1 saturated heterocycles. The van der Waals surface area contributed by atoms with Gasteiger partial charge in [-0.05, 0) is 36.4 Å². The number of fused-ring (bicyclic) bond motifs is 1. The van der Waals surface area contributed by atoms with Gasteiger partial charge in [-0.1, -0.05) is 23.2 Å². The molecule has 0 radical (unpaired) electrons. The Labute approximate surface area is 282 Å². The molecule has 2 aromatic heterocycles. The largest absolute Gasteiger partial charge is 0.497 e. The van der Waals surface area contributed by atoms with E-state index in [0.717, 1.165) is 60.3 Å². The zero-order chi connectivity index (χ0) is 33.1. The smallest absolute Gasteiger partial charge is 0.145 e. The van der Waals surface area contributed by atoms with E-state index in [1.54, 1.807) is 39.7 Å². The normalized spacial score (nSPS) is 13.3. The van der Waals surface area contributed by atoms with Gasteiger partial charge in [0.25, 0.3) is 0 Å². The molecule has 5 aromatic rings. The summed E-state index contributed by atoms with van der Waals surface area (Å²) in [5.74, 6) is 3.47. The predicted octanol–water partition coefficient (Wildman–Crippen LogP) is 7.77. The molecule has 3 heterocycles. The number of pyridine rings is 1. The first-order valence-electron chi connectivity index (χ1n) is 14.8. The summed E-state index contributed by atoms with van der Waals surface area (Å²) >= 11 is 12.7. The number of anilines is 3. The number of halogens is 2. The quantitative estimate of drug-likeness (QED) is 0.158. The van der Waals surface area contributed by atoms with Gasteiger partial charge in [0.05, 0.1) is 79.4 Å². The van der Waals surface area contributed by atoms with Gasteiger partial charge < -0.3 is 33.6 Å². The summed E-state index contributed by atoms with van der Waals surface area (Å²) < 4.78 is 28.2. The van der Waals surface area contributed by atoms with Crippen LogP contribution in [0.3, 0.4) is 0 Å². The van der Waals surface area contributed by atoms with Gasteiger partial charge in [-0.2, -0.15) is 5.26 Å². The highest BCUT2D eigenvalue weighted by Crippen LogP contribution is 2.41. The van der Waals surface area contributed by atoms with Crippen LogP contribution in [0.5, 0.6) is 23.0 Å². The number of furan rings is 1. The predicted molar refractivity (Wildman–Crippen MR) is 184 cm³/mol. The summed E-state index contributed by atoms with van der Waals surface area (Å²) in [4.78, 5) is 9.28. The molecule has 6 rings (SSSR count). The Kier molecular flexibility index (Phi) is 9.50. The Morgan fingerprint density at radius 1 is 0.872 bits per heavy atom. The standard InChI is InChI=1S/C35H33Cl2N5O5/c1-43-23-5-6-31(34(12-23)46-4)42-9-7-41(8-10-42)19-24-11-21(20-47-24)25-13-29-26(14-32(25)44-2)35(22(17-38)18-39-29)40-30-16-33(45-3)28(37)15-27(30)36/h5-6,11-16,18,20H,7-10,19H2,1-4H3,(H,39,40). The third kappa shape index (κ3) is 6.56. The first-order valence-corrected chi connectivity index (χ1v) is 15.6. The van der Waals surface area contributed by atoms with E-state index in [4.69, 9.17) is 46.6 Å². The van der Waals surface area contributed by atoms with Gasteiger partial charge in [0.2, 0.25) is 0 Å². The SMILES string of the molecule is COc1ccc(N2CCN(Cc3cc(-c4cc5ncc(C#N)c(Nc6cc(OC)c(Cl)cc6Cl)c5cc4OC)co3)CC2)c(OC)c1. The molecule has 0 atom stereocenters. The van der Waals surface area contributed by atoms with E-state index in [1.165, 1.54) is 13.3 Å². The number of nitrogens with zero attached hydrogens (tertiary/aromatic N) is 4. The fourth-order valence-electron chi connectivity index (χ4n) is 5.77. The monoisotopic (exact) mass is 673 g/mol. The van der Waals surface area contributed by atoms with Gasteiger partial charge in [0, 0.05) is 61.0 Å². The molecule has 12 heteroatoms. The first kappa shape index (κ1) is 32.1. The lowest BCUT2D eigenvalue weighted by Gasteiger charge is -2.36. The van der Waals surface area contributed by atoms with Crippen LogP contribution in [0.4, 0.5) is 17.1 Å². The lowest BCUT2D eigenvalue weighted by atomic mass is 10.0. The zero-order valence-corrected chi connectivity index (χ0v) is 27.9. The van der Waals surface area contributed by atoms with E-state index in [2.05, 4.69) is 26.2 Å². The van der Waals surface area contributed by atoms with Crippen LogP contribution in [0.2, 0.25) is 10.0 Å². The van der Waals surface area contributed by atoms with Gasteiger partial charge in [0.15, 0.2) is 0 Å². The molecule has 242 valence electrons. The molecule has 0 aliphatic carbocycles. The van der Waals surface area contributed by atoms with E-state index >= 15 is 0 Å². The zero-order valence-electron chi connectivity index (χ0n) is 26.4. The number of nitrogens with one attached hydrogen (secondary N) is 1. The maximum absolute atomic E-state index is 9.91. The molecule has 0 amide bonds. The lowest BCUT2D eigenvalue weighted by molar-refractivity contribution is 0.230. The molecular formula is C35H33Cl2N5O5. The first-order chi connectivity index (χ1) is 22.8. The van der Waals surface area contributed by atoms with Crippen LogP contribution in [0.15, 0.2) is 65.4 Å². The number of benzene rings is 3. The number of ether oxygens (including phenoxy) is 4. The van der Waals surface area contributed by atoms with Crippen LogP contribution < -0.4 is 29.2 Å². The highest BCUT2D eigenvalue weighted by atomic mass is 35.5. The number of rotatable bonds is 10. The van der Waals surface area contributed by atoms with Crippen LogP contribution in [0.1, 0.15) is 11.3 Å². The summed E-state index contributed by atoms with van der Waals surface area (Å²) in [6, 6.07) is 17.2. The van der Waals surface area contributed by atoms with Crippen molar-refractivity contribution in [1.82, 2.24) is 9.88 Å². The van der Waals surface area contributed by atoms with Gasteiger partial charge in [-0.15, -0.1) is 0 Å². The molecule has 0 unspecified atom stereocenters. The van der Waals surface area contributed by atoms with E-state index in [-0.39, 0.29) is 0 Å². The molecule has 1 aliphatic heterocycles. The van der Waals surface area contributed by atoms with Crippen LogP contribution in [0, 0.1) is 11.3 Å². The molecular weight excluding hydrogens is 641 g/mol. The summed E-state index contributed by atoms with van der Waals surface area (Å²) in [5, 5.41) is 14.6. The Hall–Kier alpha value is -4.82. The molecule has 1 N–H and O–H groups in total. The van der Waals surface area contributed by atoms with E-state index in [9.17, 15) is 5.26 Å². The minimum absolute atomic E-state index is 0.341. The van der Waals surface area contributed by atoms with Gasteiger partial charge in [-0.25, -0.2) is 0 Å². The van der Waals surface area contributed by atoms with Crippen molar-refractivity contribution in [3.8, 4) is 40.2 Å². The molecule has 10 nitrogen and oxygen atoms in total. The molecule has 0 bridgehead atoms. The lowest BCUT2D eigenvalue weighted by Crippen LogP contribution is -2.46. The Bertz CT molecular complexity index is 1970. The van der Waals surface area contributed by atoms with Crippen LogP contribution >= 0.6 is 23.2 Å². The molecule has 0 spiro atoms. The second-order valence-electron chi connectivity index (χ2n) is 10.9.